The lowest BCUT2D eigenvalue weighted by molar-refractivity contribution is -0.280. The highest BCUT2D eigenvalue weighted by Gasteiger charge is 2.37. The second-order valence-electron chi connectivity index (χ2n) is 11.8. The number of nitrogens with one attached hydrogen (secondary N) is 1. The third-order valence-electron chi connectivity index (χ3n) is 7.39. The van der Waals surface area contributed by atoms with Crippen LogP contribution in [0.5, 0.6) is 0 Å². The van der Waals surface area contributed by atoms with Gasteiger partial charge in [-0.05, 0) is 58.9 Å². The molecule has 44 heavy (non-hydrogen) atoms. The Hall–Kier alpha value is -2.03. The number of hydrogen-bond donors (Lipinski definition) is 1. The molecule has 0 saturated carbocycles. The number of rotatable bonds is 23. The van der Waals surface area contributed by atoms with E-state index in [4.69, 9.17) is 23.3 Å². The van der Waals surface area contributed by atoms with E-state index in [1.54, 1.807) is 13.8 Å². The number of amides is 1. The monoisotopic (exact) mass is 637 g/mol. The fourth-order valence-electron chi connectivity index (χ4n) is 5.13. The molecule has 9 nitrogen and oxygen atoms in total. The highest BCUT2D eigenvalue weighted by molar-refractivity contribution is 7.54. The van der Waals surface area contributed by atoms with Crippen LogP contribution in [0.15, 0.2) is 42.5 Å². The molecule has 2 atom stereocenters. The predicted octanol–water partition coefficient (Wildman–Crippen LogP) is 8.51. The summed E-state index contributed by atoms with van der Waals surface area (Å²) in [4.78, 5) is 24.6. The Balaban J connectivity index is 1.51. The zero-order chi connectivity index (χ0) is 32.1. The highest BCUT2D eigenvalue weighted by atomic mass is 31.2. The largest absolute Gasteiger partial charge is 0.445 e. The smallest absolute Gasteiger partial charge is 0.407 e. The fraction of sp³-hybridized carbons (Fsp3) is 0.706. The molecule has 2 rings (SSSR count). The lowest BCUT2D eigenvalue weighted by atomic mass is 10.0. The summed E-state index contributed by atoms with van der Waals surface area (Å²) in [7, 11) is -3.27. The highest BCUT2D eigenvalue weighted by Crippen LogP contribution is 2.48. The van der Waals surface area contributed by atoms with Gasteiger partial charge in [0.25, 0.3) is 0 Å². The SMILES string of the molecule is CCOP(=O)(CC(=O)CCCCCCCCCCC/C=C/C[C@H]1OC(C)(C)OC[C@H]1NC(=O)OCc1ccccc1)OCC. The summed E-state index contributed by atoms with van der Waals surface area (Å²) in [5.74, 6) is -0.731. The van der Waals surface area contributed by atoms with Gasteiger partial charge in [-0.15, -0.1) is 0 Å². The van der Waals surface area contributed by atoms with Gasteiger partial charge in [0.2, 0.25) is 0 Å². The minimum absolute atomic E-state index is 0.0379. The molecule has 1 amide bonds. The number of carbonyl (C=O) groups is 2. The lowest BCUT2D eigenvalue weighted by Gasteiger charge is -2.40. The van der Waals surface area contributed by atoms with E-state index in [-0.39, 0.29) is 43.9 Å². The van der Waals surface area contributed by atoms with Crippen LogP contribution in [0.4, 0.5) is 4.79 Å². The molecule has 0 aliphatic carbocycles. The van der Waals surface area contributed by atoms with E-state index in [2.05, 4.69) is 17.5 Å². The van der Waals surface area contributed by atoms with Crippen LogP contribution >= 0.6 is 7.60 Å². The number of benzene rings is 1. The lowest BCUT2D eigenvalue weighted by Crippen LogP contribution is -2.55. The molecule has 0 aromatic heterocycles. The van der Waals surface area contributed by atoms with Crippen molar-refractivity contribution in [3.63, 3.8) is 0 Å². The molecule has 10 heteroatoms. The van der Waals surface area contributed by atoms with Crippen molar-refractivity contribution in [1.82, 2.24) is 5.32 Å². The fourth-order valence-corrected chi connectivity index (χ4v) is 6.76. The van der Waals surface area contributed by atoms with Crippen molar-refractivity contribution >= 4 is 19.5 Å². The van der Waals surface area contributed by atoms with Gasteiger partial charge in [-0.2, -0.15) is 0 Å². The molecule has 0 unspecified atom stereocenters. The number of allylic oxidation sites excluding steroid dienone is 1. The average molecular weight is 638 g/mol. The van der Waals surface area contributed by atoms with Crippen LogP contribution in [0.1, 0.15) is 110 Å². The quantitative estimate of drug-likeness (QED) is 0.0723. The molecule has 1 aromatic carbocycles. The van der Waals surface area contributed by atoms with E-state index in [0.717, 1.165) is 37.7 Å². The number of hydrogen-bond acceptors (Lipinski definition) is 8. The molecule has 1 heterocycles. The third kappa shape index (κ3) is 16.9. The Morgan fingerprint density at radius 3 is 2.18 bits per heavy atom. The standard InChI is InChI=1S/C34H56NO8P/c1-5-41-44(38,42-6-2)28-30(36)24-20-15-13-11-9-7-8-10-12-14-16-21-25-32-31(27-40-34(3,4)43-32)35-33(37)39-26-29-22-18-17-19-23-29/h16-19,21-23,31-32H,5-15,20,24-28H2,1-4H3,(H,35,37)/b21-16+/t31-,32-/m1/s1. The van der Waals surface area contributed by atoms with Gasteiger partial charge in [0.15, 0.2) is 5.79 Å². The van der Waals surface area contributed by atoms with E-state index in [0.29, 0.717) is 19.4 Å². The summed E-state index contributed by atoms with van der Waals surface area (Å²) < 4.78 is 40.2. The maximum atomic E-state index is 12.4. The van der Waals surface area contributed by atoms with Gasteiger partial charge in [-0.1, -0.05) is 87.4 Å². The number of Topliss-reactive ketones (excluding diaryl/α,β-unsaturated/α-hetero) is 1. The normalized spacial score (nSPS) is 18.4. The summed E-state index contributed by atoms with van der Waals surface area (Å²) in [5.41, 5.74) is 0.937. The van der Waals surface area contributed by atoms with Gasteiger partial charge in [0.1, 0.15) is 18.6 Å². The van der Waals surface area contributed by atoms with Crippen LogP contribution in [-0.2, 0) is 39.2 Å². The maximum Gasteiger partial charge on any atom is 0.407 e. The minimum atomic E-state index is -3.27. The Labute approximate surface area is 265 Å². The zero-order valence-electron chi connectivity index (χ0n) is 27.4. The molecule has 1 fully saturated rings. The summed E-state index contributed by atoms with van der Waals surface area (Å²) in [6.45, 7) is 8.44. The van der Waals surface area contributed by atoms with Gasteiger partial charge >= 0.3 is 13.7 Å². The second kappa shape index (κ2) is 21.7. The first kappa shape index (κ1) is 38.2. The van der Waals surface area contributed by atoms with E-state index < -0.39 is 19.5 Å². The number of ether oxygens (including phenoxy) is 3. The van der Waals surface area contributed by atoms with Crippen LogP contribution in [0.3, 0.4) is 0 Å². The summed E-state index contributed by atoms with van der Waals surface area (Å²) >= 11 is 0. The van der Waals surface area contributed by atoms with Crippen molar-refractivity contribution in [3.8, 4) is 0 Å². The van der Waals surface area contributed by atoms with Crippen LogP contribution in [0, 0.1) is 0 Å². The van der Waals surface area contributed by atoms with E-state index in [1.807, 2.05) is 44.2 Å². The average Bonchev–Trinajstić information content (AvgIpc) is 2.98. The predicted molar refractivity (Wildman–Crippen MR) is 174 cm³/mol. The minimum Gasteiger partial charge on any atom is -0.445 e. The van der Waals surface area contributed by atoms with Crippen molar-refractivity contribution in [1.29, 1.82) is 0 Å². The molecule has 1 saturated heterocycles. The Morgan fingerprint density at radius 1 is 0.932 bits per heavy atom. The van der Waals surface area contributed by atoms with Gasteiger partial charge in [-0.25, -0.2) is 4.79 Å². The molecule has 1 N–H and O–H groups in total. The molecule has 0 bridgehead atoms. The first-order chi connectivity index (χ1) is 21.2. The molecular formula is C34H56NO8P. The van der Waals surface area contributed by atoms with Crippen molar-refractivity contribution in [2.24, 2.45) is 0 Å². The topological polar surface area (TPSA) is 109 Å². The van der Waals surface area contributed by atoms with Crippen molar-refractivity contribution in [2.75, 3.05) is 26.0 Å². The Kier molecular flexibility index (Phi) is 18.8. The van der Waals surface area contributed by atoms with Crippen LogP contribution in [-0.4, -0.2) is 55.8 Å². The summed E-state index contributed by atoms with van der Waals surface area (Å²) in [5, 5.41) is 2.92. The van der Waals surface area contributed by atoms with Crippen LogP contribution in [0.2, 0.25) is 0 Å². The summed E-state index contributed by atoms with van der Waals surface area (Å²) in [6, 6.07) is 9.32. The van der Waals surface area contributed by atoms with Gasteiger partial charge < -0.3 is 28.6 Å². The Bertz CT molecular complexity index is 1010. The maximum absolute atomic E-state index is 12.4. The van der Waals surface area contributed by atoms with Crippen molar-refractivity contribution < 1.29 is 37.4 Å². The van der Waals surface area contributed by atoms with Crippen molar-refractivity contribution in [3.05, 3.63) is 48.0 Å². The van der Waals surface area contributed by atoms with Gasteiger partial charge in [-0.3, -0.25) is 9.36 Å². The first-order valence-electron chi connectivity index (χ1n) is 16.5. The molecule has 1 aliphatic rings. The molecule has 250 valence electrons. The van der Waals surface area contributed by atoms with Gasteiger partial charge in [0.05, 0.1) is 32.0 Å². The molecule has 0 spiro atoms. The van der Waals surface area contributed by atoms with E-state index >= 15 is 0 Å². The Morgan fingerprint density at radius 2 is 1.55 bits per heavy atom. The third-order valence-corrected chi connectivity index (χ3v) is 9.44. The number of alkyl carbamates (subject to hydrolysis) is 1. The van der Waals surface area contributed by atoms with Gasteiger partial charge in [0, 0.05) is 6.42 Å². The van der Waals surface area contributed by atoms with E-state index in [9.17, 15) is 14.2 Å². The molecule has 1 aromatic rings. The van der Waals surface area contributed by atoms with Crippen LogP contribution in [0.25, 0.3) is 0 Å². The number of ketones is 1. The first-order valence-corrected chi connectivity index (χ1v) is 18.2. The van der Waals surface area contributed by atoms with E-state index in [1.165, 1.54) is 32.1 Å². The van der Waals surface area contributed by atoms with Crippen LogP contribution < -0.4 is 5.32 Å². The molecular weight excluding hydrogens is 581 g/mol. The van der Waals surface area contributed by atoms with Crippen molar-refractivity contribution in [2.45, 2.75) is 129 Å². The number of carbonyl (C=O) groups excluding carboxylic acids is 2. The summed E-state index contributed by atoms with van der Waals surface area (Å²) in [6.07, 6.45) is 15.9. The molecule has 1 aliphatic heterocycles. The zero-order valence-corrected chi connectivity index (χ0v) is 28.3. The number of unbranched alkanes of at least 4 members (excludes halogenated alkanes) is 9. The molecule has 0 radical (unpaired) electrons. The second-order valence-corrected chi connectivity index (χ2v) is 13.8.